The molecule has 0 bridgehead atoms. The zero-order valence-electron chi connectivity index (χ0n) is 63.2. The monoisotopic (exact) mass is 1380 g/mol. The fourth-order valence-corrected chi connectivity index (χ4v) is 16.5. The lowest BCUT2D eigenvalue weighted by Gasteiger charge is -2.45. The number of anilines is 6. The Balaban J connectivity index is 1.04. The van der Waals surface area contributed by atoms with Gasteiger partial charge in [-0.15, -0.1) is 0 Å². The Labute approximate surface area is 630 Å². The normalized spacial score (nSPS) is 13.0. The zero-order chi connectivity index (χ0) is 73.4. The number of nitrogens with zero attached hydrogens (tertiary/aromatic N) is 5. The molecule has 0 fully saturated rings. The van der Waals surface area contributed by atoms with E-state index in [1.807, 2.05) is 0 Å². The van der Waals surface area contributed by atoms with Crippen LogP contribution >= 0.6 is 0 Å². The summed E-state index contributed by atoms with van der Waals surface area (Å²) >= 11 is 0. The number of rotatable bonds is 9. The lowest BCUT2D eigenvalue weighted by Crippen LogP contribution is -2.61. The quantitative estimate of drug-likeness (QED) is 0.106. The first-order valence-corrected chi connectivity index (χ1v) is 37.8. The SMILES string of the molecule is CC(C)(C)c1cc(-c2nc(-c3cc(C(C)(C)C)cc(C(C)(C)C)c3)nc(-c3cc4c5c(c3)N(c3cc(-c6ccccc6)cc(-c6ccccc6)c3)c3c(ccc6c3ccc3ccccc36)B5c3ccc5c(ccc6ccccc65)c3N4c3cc(-c4ccccc4)cc(-c4ccccc4)c3)n2)cc(C(C)(C)C)c1. The van der Waals surface area contributed by atoms with Gasteiger partial charge in [-0.1, -0.05) is 314 Å². The van der Waals surface area contributed by atoms with E-state index < -0.39 is 0 Å². The van der Waals surface area contributed by atoms with Crippen molar-refractivity contribution in [3.8, 4) is 78.7 Å². The lowest BCUT2D eigenvalue weighted by atomic mass is 9.33. The summed E-state index contributed by atoms with van der Waals surface area (Å²) in [5.41, 5.74) is 25.9. The summed E-state index contributed by atoms with van der Waals surface area (Å²) in [5.74, 6) is 1.82. The van der Waals surface area contributed by atoms with Crippen molar-refractivity contribution in [2.45, 2.75) is 105 Å². The minimum atomic E-state index is -0.272. The third kappa shape index (κ3) is 12.0. The zero-order valence-corrected chi connectivity index (χ0v) is 63.2. The van der Waals surface area contributed by atoms with Crippen LogP contribution in [-0.2, 0) is 21.7 Å². The van der Waals surface area contributed by atoms with Crippen LogP contribution in [0.4, 0.5) is 34.1 Å². The molecule has 107 heavy (non-hydrogen) atoms. The molecule has 2 aliphatic heterocycles. The Bertz CT molecular complexity index is 5680. The van der Waals surface area contributed by atoms with Crippen LogP contribution in [0, 0.1) is 0 Å². The molecule has 0 aliphatic carbocycles. The summed E-state index contributed by atoms with van der Waals surface area (Å²) in [5, 5.41) is 9.51. The van der Waals surface area contributed by atoms with E-state index >= 15 is 0 Å². The van der Waals surface area contributed by atoms with Gasteiger partial charge in [0, 0.05) is 61.6 Å². The molecule has 2 aliphatic rings. The molecular weight excluding hydrogens is 1290 g/mol. The third-order valence-corrected chi connectivity index (χ3v) is 22.4. The van der Waals surface area contributed by atoms with E-state index in [-0.39, 0.29) is 28.4 Å². The summed E-state index contributed by atoms with van der Waals surface area (Å²) < 4.78 is 0. The summed E-state index contributed by atoms with van der Waals surface area (Å²) in [7, 11) is 0. The van der Waals surface area contributed by atoms with E-state index in [0.717, 1.165) is 106 Å². The van der Waals surface area contributed by atoms with Gasteiger partial charge < -0.3 is 9.80 Å². The second-order valence-electron chi connectivity index (χ2n) is 33.7. The van der Waals surface area contributed by atoms with Gasteiger partial charge in [-0.3, -0.25) is 0 Å². The van der Waals surface area contributed by atoms with Crippen molar-refractivity contribution in [1.29, 1.82) is 0 Å². The van der Waals surface area contributed by atoms with Crippen molar-refractivity contribution in [3.05, 3.63) is 326 Å². The lowest BCUT2D eigenvalue weighted by molar-refractivity contribution is 0.568. The highest BCUT2D eigenvalue weighted by molar-refractivity contribution is 7.01. The number of hydrogen-bond acceptors (Lipinski definition) is 5. The highest BCUT2D eigenvalue weighted by Gasteiger charge is 2.46. The second kappa shape index (κ2) is 25.4. The molecule has 5 nitrogen and oxygen atoms in total. The van der Waals surface area contributed by atoms with Crippen molar-refractivity contribution in [2.75, 3.05) is 9.80 Å². The van der Waals surface area contributed by atoms with E-state index in [4.69, 9.17) is 15.0 Å². The van der Waals surface area contributed by atoms with Crippen LogP contribution in [0.2, 0.25) is 0 Å². The Kier molecular flexibility index (Phi) is 15.9. The molecule has 1 aromatic heterocycles. The fourth-order valence-electron chi connectivity index (χ4n) is 16.5. The van der Waals surface area contributed by atoms with Gasteiger partial charge in [-0.05, 0) is 210 Å². The molecule has 0 saturated heterocycles. The fraction of sp³-hybridized carbons (Fsp3) is 0.158. The molecule has 16 aromatic rings. The number of benzene rings is 15. The second-order valence-corrected chi connectivity index (χ2v) is 33.7. The van der Waals surface area contributed by atoms with Crippen molar-refractivity contribution >= 4 is 100 Å². The predicted octanol–water partition coefficient (Wildman–Crippen LogP) is 25.4. The first-order chi connectivity index (χ1) is 51.5. The Hall–Kier alpha value is -12.0. The predicted molar refractivity (Wildman–Crippen MR) is 457 cm³/mol. The van der Waals surface area contributed by atoms with Gasteiger partial charge in [0.15, 0.2) is 17.5 Å². The van der Waals surface area contributed by atoms with Gasteiger partial charge in [-0.2, -0.15) is 0 Å². The average Bonchev–Trinajstić information content (AvgIpc) is 0.682. The molecule has 0 unspecified atom stereocenters. The summed E-state index contributed by atoms with van der Waals surface area (Å²) in [4.78, 5) is 22.9. The molecule has 0 spiro atoms. The number of aromatic nitrogens is 3. The van der Waals surface area contributed by atoms with E-state index in [0.29, 0.717) is 17.5 Å². The molecule has 518 valence electrons. The minimum Gasteiger partial charge on any atom is -0.311 e. The third-order valence-electron chi connectivity index (χ3n) is 22.4. The largest absolute Gasteiger partial charge is 0.311 e. The topological polar surface area (TPSA) is 45.2 Å². The molecule has 0 N–H and O–H groups in total. The average molecular weight is 1380 g/mol. The van der Waals surface area contributed by atoms with Crippen LogP contribution < -0.4 is 26.2 Å². The van der Waals surface area contributed by atoms with Crippen molar-refractivity contribution in [1.82, 2.24) is 15.0 Å². The van der Waals surface area contributed by atoms with Gasteiger partial charge in [0.1, 0.15) is 0 Å². The van der Waals surface area contributed by atoms with Crippen LogP contribution in [0.25, 0.3) is 122 Å². The smallest absolute Gasteiger partial charge is 0.252 e. The van der Waals surface area contributed by atoms with Crippen LogP contribution in [0.1, 0.15) is 105 Å². The van der Waals surface area contributed by atoms with E-state index in [2.05, 4.69) is 396 Å². The van der Waals surface area contributed by atoms with Crippen LogP contribution in [0.3, 0.4) is 0 Å². The Morgan fingerprint density at radius 3 is 0.841 bits per heavy atom. The van der Waals surface area contributed by atoms with Gasteiger partial charge in [-0.25, -0.2) is 15.0 Å². The van der Waals surface area contributed by atoms with E-state index in [1.165, 1.54) is 71.0 Å². The molecule has 0 amide bonds. The van der Waals surface area contributed by atoms with Crippen LogP contribution in [0.15, 0.2) is 303 Å². The Morgan fingerprint density at radius 2 is 0.523 bits per heavy atom. The standard InChI is InChI=1S/C101H86BN5/c1-98(2,3)76-51-73(52-77(61-76)99(4,5)6)95-103-96(74-53-78(100(7,8)9)62-79(54-74)101(10,11)12)105-97(104-95)75-59-90-92-91(60-75)107(81-57-71(65-33-21-15-22-34-65)50-72(58-81)66-35-23-16-24-36-66)94-87-44-42-68-38-26-28-40-83(68)85(87)46-48-89(94)102(92)88-47-45-84-82-39-27-25-37-67(82)41-43-86(84)93(88)106(90)80-55-69(63-29-17-13-18-30-63)49-70(56-80)64-31-19-14-20-32-64/h13-62H,1-12H3. The van der Waals surface area contributed by atoms with Crippen LogP contribution in [0.5, 0.6) is 0 Å². The molecule has 6 heteroatoms. The maximum atomic E-state index is 5.96. The molecule has 0 atom stereocenters. The molecule has 0 saturated carbocycles. The van der Waals surface area contributed by atoms with Gasteiger partial charge in [0.2, 0.25) is 0 Å². The van der Waals surface area contributed by atoms with Gasteiger partial charge in [0.05, 0.1) is 0 Å². The first-order valence-electron chi connectivity index (χ1n) is 37.8. The first kappa shape index (κ1) is 66.9. The number of fused-ring (bicyclic) bond motifs is 12. The molecule has 15 aromatic carbocycles. The maximum absolute atomic E-state index is 5.96. The van der Waals surface area contributed by atoms with Gasteiger partial charge in [0.25, 0.3) is 6.71 Å². The summed E-state index contributed by atoms with van der Waals surface area (Å²) in [6, 6.07) is 114. The highest BCUT2D eigenvalue weighted by Crippen LogP contribution is 2.52. The van der Waals surface area contributed by atoms with Crippen LogP contribution in [-0.4, -0.2) is 21.7 Å². The molecule has 3 heterocycles. The maximum Gasteiger partial charge on any atom is 0.252 e. The van der Waals surface area contributed by atoms with E-state index in [1.54, 1.807) is 0 Å². The summed E-state index contributed by atoms with van der Waals surface area (Å²) in [6.45, 7) is 27.4. The van der Waals surface area contributed by atoms with Crippen molar-refractivity contribution in [2.24, 2.45) is 0 Å². The Morgan fingerprint density at radius 1 is 0.234 bits per heavy atom. The van der Waals surface area contributed by atoms with Crippen molar-refractivity contribution in [3.63, 3.8) is 0 Å². The summed E-state index contributed by atoms with van der Waals surface area (Å²) in [6.07, 6.45) is 0. The van der Waals surface area contributed by atoms with Gasteiger partial charge >= 0.3 is 0 Å². The minimum absolute atomic E-state index is 0.183. The highest BCUT2D eigenvalue weighted by atomic mass is 15.2. The number of hydrogen-bond donors (Lipinski definition) is 0. The van der Waals surface area contributed by atoms with E-state index in [9.17, 15) is 0 Å². The molecule has 0 radical (unpaired) electrons. The molecular formula is C101H86BN5. The van der Waals surface area contributed by atoms with Crippen molar-refractivity contribution < 1.29 is 0 Å². The molecule has 18 rings (SSSR count).